The van der Waals surface area contributed by atoms with Gasteiger partial charge in [0.25, 0.3) is 5.91 Å². The molecule has 3 saturated heterocycles. The summed E-state index contributed by atoms with van der Waals surface area (Å²) in [5, 5.41) is 9.57. The number of likely N-dealkylation sites (tertiary alicyclic amines) is 1. The number of amides is 2. The van der Waals surface area contributed by atoms with Gasteiger partial charge in [-0.1, -0.05) is 12.1 Å². The quantitative estimate of drug-likeness (QED) is 0.668. The molecule has 0 spiro atoms. The number of aliphatic carboxylic acids is 1. The van der Waals surface area contributed by atoms with Gasteiger partial charge >= 0.3 is 12.1 Å². The third-order valence-electron chi connectivity index (χ3n) is 6.67. The number of carbonyl (C=O) groups is 3. The fraction of sp³-hybridized carbons (Fsp3) is 0.654. The van der Waals surface area contributed by atoms with E-state index in [-0.39, 0.29) is 18.0 Å². The topological polar surface area (TPSA) is 109 Å². The smallest absolute Gasteiger partial charge is 0.410 e. The summed E-state index contributed by atoms with van der Waals surface area (Å²) in [6, 6.07) is 7.93. The number of carboxylic acids is 1. The van der Waals surface area contributed by atoms with Gasteiger partial charge in [-0.05, 0) is 65.2 Å². The van der Waals surface area contributed by atoms with Crippen molar-refractivity contribution < 1.29 is 33.7 Å². The second kappa shape index (κ2) is 9.89. The van der Waals surface area contributed by atoms with E-state index in [1.165, 1.54) is 0 Å². The van der Waals surface area contributed by atoms with Crippen LogP contribution in [-0.2, 0) is 23.8 Å². The summed E-state index contributed by atoms with van der Waals surface area (Å²) in [7, 11) is 0. The predicted molar refractivity (Wildman–Crippen MR) is 132 cm³/mol. The minimum Gasteiger partial charge on any atom is -0.479 e. The number of carbonyl (C=O) groups excluding carboxylic acids is 2. The molecule has 1 unspecified atom stereocenters. The zero-order valence-corrected chi connectivity index (χ0v) is 21.7. The monoisotopic (exact) mass is 503 g/mol. The molecule has 4 rings (SSSR count). The molecular weight excluding hydrogens is 466 g/mol. The lowest BCUT2D eigenvalue weighted by Crippen LogP contribution is -2.50. The molecule has 0 aliphatic carbocycles. The van der Waals surface area contributed by atoms with Crippen LogP contribution in [0, 0.1) is 0 Å². The summed E-state index contributed by atoms with van der Waals surface area (Å²) in [6.45, 7) is 11.8. The lowest BCUT2D eigenvalue weighted by molar-refractivity contribution is -0.167. The summed E-state index contributed by atoms with van der Waals surface area (Å²) < 4.78 is 16.7. The number of hydrogen-bond donors (Lipinski definition) is 1. The number of ether oxygens (including phenoxy) is 3. The molecule has 1 aromatic carbocycles. The Morgan fingerprint density at radius 3 is 2.33 bits per heavy atom. The summed E-state index contributed by atoms with van der Waals surface area (Å²) in [4.78, 5) is 43.2. The molecule has 10 nitrogen and oxygen atoms in total. The van der Waals surface area contributed by atoms with Gasteiger partial charge in [-0.2, -0.15) is 0 Å². The molecule has 1 aromatic rings. The van der Waals surface area contributed by atoms with E-state index >= 15 is 0 Å². The summed E-state index contributed by atoms with van der Waals surface area (Å²) in [6.07, 6.45) is -1.19. The molecule has 1 N–H and O–H groups in total. The molecular formula is C26H37N3O7. The van der Waals surface area contributed by atoms with Crippen LogP contribution in [-0.4, -0.2) is 89.2 Å². The molecule has 198 valence electrons. The fourth-order valence-electron chi connectivity index (χ4n) is 5.07. The molecule has 36 heavy (non-hydrogen) atoms. The van der Waals surface area contributed by atoms with E-state index in [0.29, 0.717) is 32.7 Å². The van der Waals surface area contributed by atoms with E-state index in [0.717, 1.165) is 24.1 Å². The first kappa shape index (κ1) is 26.2. The van der Waals surface area contributed by atoms with Crippen LogP contribution in [0.5, 0.6) is 0 Å². The molecule has 0 radical (unpaired) electrons. The van der Waals surface area contributed by atoms with E-state index in [1.54, 1.807) is 23.6 Å². The first-order chi connectivity index (χ1) is 16.8. The molecule has 3 atom stereocenters. The van der Waals surface area contributed by atoms with E-state index in [1.807, 2.05) is 39.0 Å². The Morgan fingerprint density at radius 2 is 1.69 bits per heavy atom. The number of carboxylic acid groups (broad SMARTS) is 1. The highest BCUT2D eigenvalue weighted by Crippen LogP contribution is 2.37. The third kappa shape index (κ3) is 5.75. The maximum absolute atomic E-state index is 13.4. The molecule has 3 aliphatic rings. The molecule has 3 heterocycles. The number of hydrogen-bond acceptors (Lipinski definition) is 7. The van der Waals surface area contributed by atoms with E-state index in [4.69, 9.17) is 14.2 Å². The Bertz CT molecular complexity index is 997. The van der Waals surface area contributed by atoms with E-state index < -0.39 is 29.6 Å². The van der Waals surface area contributed by atoms with Crippen molar-refractivity contribution in [2.75, 3.05) is 37.6 Å². The molecule has 3 fully saturated rings. The number of benzene rings is 1. The van der Waals surface area contributed by atoms with Crippen LogP contribution < -0.4 is 4.90 Å². The summed E-state index contributed by atoms with van der Waals surface area (Å²) in [5.74, 6) is -2.70. The van der Waals surface area contributed by atoms with Crippen molar-refractivity contribution in [3.63, 3.8) is 0 Å². The lowest BCUT2D eigenvalue weighted by atomic mass is 10.0. The Kier molecular flexibility index (Phi) is 7.21. The third-order valence-corrected chi connectivity index (χ3v) is 6.67. The van der Waals surface area contributed by atoms with Gasteiger partial charge in [-0.15, -0.1) is 0 Å². The van der Waals surface area contributed by atoms with E-state index in [2.05, 4.69) is 11.0 Å². The highest BCUT2D eigenvalue weighted by Gasteiger charge is 2.51. The van der Waals surface area contributed by atoms with Crippen molar-refractivity contribution in [1.82, 2.24) is 9.80 Å². The maximum Gasteiger partial charge on any atom is 0.410 e. The van der Waals surface area contributed by atoms with Crippen molar-refractivity contribution in [1.29, 1.82) is 0 Å². The zero-order chi connectivity index (χ0) is 26.3. The van der Waals surface area contributed by atoms with Crippen LogP contribution in [0.15, 0.2) is 24.3 Å². The van der Waals surface area contributed by atoms with Crippen LogP contribution in [0.1, 0.15) is 59.1 Å². The second-order valence-corrected chi connectivity index (χ2v) is 11.1. The SMILES string of the molecule is CC(C)(C)OC(=O)N1CCN(c2cccc(C3CCCN3C(=O)[C@@H]3OC(C)(C)O[C@H]3C(=O)O)c2)CC1. The second-order valence-electron chi connectivity index (χ2n) is 11.1. The van der Waals surface area contributed by atoms with Gasteiger partial charge in [-0.3, -0.25) is 4.79 Å². The lowest BCUT2D eigenvalue weighted by Gasteiger charge is -2.37. The Labute approximate surface area is 212 Å². The molecule has 2 amide bonds. The predicted octanol–water partition coefficient (Wildman–Crippen LogP) is 3.01. The zero-order valence-electron chi connectivity index (χ0n) is 21.7. The number of rotatable bonds is 4. The first-order valence-corrected chi connectivity index (χ1v) is 12.6. The van der Waals surface area contributed by atoms with Crippen LogP contribution in [0.4, 0.5) is 10.5 Å². The van der Waals surface area contributed by atoms with E-state index in [9.17, 15) is 19.5 Å². The molecule has 3 aliphatic heterocycles. The standard InChI is InChI=1S/C26H37N3O7/c1-25(2,3)36-24(33)28-14-12-27(13-15-28)18-9-6-8-17(16-18)19-10-7-11-29(19)22(30)20-21(23(31)32)35-26(4,5)34-20/h6,8-9,16,19-21H,7,10-15H2,1-5H3,(H,31,32)/t19?,20-,21-/m1/s1. The normalized spacial score (nSPS) is 26.2. The van der Waals surface area contributed by atoms with Gasteiger partial charge in [-0.25, -0.2) is 9.59 Å². The van der Waals surface area contributed by atoms with Gasteiger partial charge in [0, 0.05) is 38.4 Å². The van der Waals surface area contributed by atoms with Crippen LogP contribution in [0.2, 0.25) is 0 Å². The minimum absolute atomic E-state index is 0.165. The average Bonchev–Trinajstić information content (AvgIpc) is 3.42. The largest absolute Gasteiger partial charge is 0.479 e. The highest BCUT2D eigenvalue weighted by molar-refractivity contribution is 5.89. The Morgan fingerprint density at radius 1 is 1.03 bits per heavy atom. The van der Waals surface area contributed by atoms with Crippen LogP contribution >= 0.6 is 0 Å². The fourth-order valence-corrected chi connectivity index (χ4v) is 5.07. The Balaban J connectivity index is 1.44. The van der Waals surface area contributed by atoms with Crippen molar-refractivity contribution in [2.45, 2.75) is 77.1 Å². The minimum atomic E-state index is -1.33. The van der Waals surface area contributed by atoms with Gasteiger partial charge in [0.1, 0.15) is 5.60 Å². The average molecular weight is 504 g/mol. The number of anilines is 1. The number of piperazine rings is 1. The van der Waals surface area contributed by atoms with Gasteiger partial charge in [0.15, 0.2) is 18.0 Å². The molecule has 0 saturated carbocycles. The van der Waals surface area contributed by atoms with Crippen molar-refractivity contribution in [3.05, 3.63) is 29.8 Å². The first-order valence-electron chi connectivity index (χ1n) is 12.6. The Hall–Kier alpha value is -2.85. The van der Waals surface area contributed by atoms with Crippen molar-refractivity contribution in [2.24, 2.45) is 0 Å². The van der Waals surface area contributed by atoms with Crippen molar-refractivity contribution >= 4 is 23.7 Å². The van der Waals surface area contributed by atoms with Crippen molar-refractivity contribution in [3.8, 4) is 0 Å². The van der Waals surface area contributed by atoms with Crippen LogP contribution in [0.25, 0.3) is 0 Å². The number of nitrogens with zero attached hydrogens (tertiary/aromatic N) is 3. The highest BCUT2D eigenvalue weighted by atomic mass is 16.8. The van der Waals surface area contributed by atoms with Gasteiger partial charge in [0.2, 0.25) is 0 Å². The van der Waals surface area contributed by atoms with Gasteiger partial charge in [0.05, 0.1) is 6.04 Å². The molecule has 0 bridgehead atoms. The summed E-state index contributed by atoms with van der Waals surface area (Å²) >= 11 is 0. The van der Waals surface area contributed by atoms with Gasteiger partial charge < -0.3 is 34.0 Å². The molecule has 10 heteroatoms. The van der Waals surface area contributed by atoms with Crippen LogP contribution in [0.3, 0.4) is 0 Å². The maximum atomic E-state index is 13.4. The summed E-state index contributed by atoms with van der Waals surface area (Å²) in [5.41, 5.74) is 1.50. The molecule has 0 aromatic heterocycles.